The van der Waals surface area contributed by atoms with Crippen molar-refractivity contribution in [3.63, 3.8) is 0 Å². The summed E-state index contributed by atoms with van der Waals surface area (Å²) >= 11 is 0. The number of imide groups is 1. The number of allylic oxidation sites excluding steroid dienone is 1. The van der Waals surface area contributed by atoms with E-state index in [0.29, 0.717) is 35.6 Å². The number of carbonyl (C=O) groups excluding carboxylic acids is 5. The predicted octanol–water partition coefficient (Wildman–Crippen LogP) is 15.0. The van der Waals surface area contributed by atoms with Gasteiger partial charge in [-0.2, -0.15) is 0 Å². The number of amides is 2. The highest BCUT2D eigenvalue weighted by molar-refractivity contribution is 6.74. The number of ketones is 1. The maximum Gasteiger partial charge on any atom is 0.417 e. The molecule has 7 rings (SSSR count). The van der Waals surface area contributed by atoms with Crippen molar-refractivity contribution in [1.29, 1.82) is 0 Å². The Bertz CT molecular complexity index is 3240. The van der Waals surface area contributed by atoms with Gasteiger partial charge in [0.2, 0.25) is 5.91 Å². The highest BCUT2D eigenvalue weighted by Gasteiger charge is 2.52. The Morgan fingerprint density at radius 2 is 1.44 bits per heavy atom. The molecule has 0 spiro atoms. The minimum Gasteiger partial charge on any atom is -0.497 e. The van der Waals surface area contributed by atoms with E-state index in [9.17, 15) is 14.4 Å². The van der Waals surface area contributed by atoms with Crippen molar-refractivity contribution in [2.75, 3.05) is 27.9 Å². The fourth-order valence-corrected chi connectivity index (χ4v) is 15.2. The Hall–Kier alpha value is -6.11. The van der Waals surface area contributed by atoms with Gasteiger partial charge in [0.15, 0.2) is 28.2 Å². The summed E-state index contributed by atoms with van der Waals surface area (Å²) < 4.78 is 70.0. The quantitative estimate of drug-likeness (QED) is 0.0119. The number of methoxy groups -OCH3 is 3. The molecule has 95 heavy (non-hydrogen) atoms. The second kappa shape index (κ2) is 33.0. The molecule has 3 aliphatic rings. The van der Waals surface area contributed by atoms with Crippen LogP contribution in [-0.4, -0.2) is 133 Å². The molecule has 3 saturated heterocycles. The number of Topliss-reactive ketones (excluding diaryl/α,β-unsaturated/α-hetero) is 1. The average Bonchev–Trinajstić information content (AvgIpc) is 0.900. The van der Waals surface area contributed by atoms with E-state index in [0.717, 1.165) is 33.6 Å². The third-order valence-electron chi connectivity index (χ3n) is 20.4. The first-order valence-electron chi connectivity index (χ1n) is 33.8. The molecule has 3 fully saturated rings. The van der Waals surface area contributed by atoms with E-state index >= 15 is 9.59 Å². The first kappa shape index (κ1) is 76.3. The van der Waals surface area contributed by atoms with Gasteiger partial charge in [0, 0.05) is 56.3 Å². The Morgan fingerprint density at radius 1 is 0.811 bits per heavy atom. The molecule has 0 unspecified atom stereocenters. The topological polar surface area (TPSA) is 207 Å². The van der Waals surface area contributed by atoms with E-state index in [1.165, 1.54) is 20.3 Å². The van der Waals surface area contributed by atoms with Gasteiger partial charge >= 0.3 is 18.0 Å². The number of nitrogens with zero attached hydrogens (tertiary/aromatic N) is 2. The lowest BCUT2D eigenvalue weighted by Crippen LogP contribution is -2.54. The molecule has 0 aliphatic carbocycles. The molecule has 3 aromatic carbocycles. The fourth-order valence-electron chi connectivity index (χ4n) is 12.3. The molecule has 0 N–H and O–H groups in total. The van der Waals surface area contributed by atoms with Crippen molar-refractivity contribution in [2.24, 2.45) is 23.7 Å². The van der Waals surface area contributed by atoms with Crippen LogP contribution in [0.25, 0.3) is 0 Å². The van der Waals surface area contributed by atoms with E-state index in [4.69, 9.17) is 51.3 Å². The van der Waals surface area contributed by atoms with Gasteiger partial charge in [-0.25, -0.2) is 14.5 Å². The molecule has 4 heterocycles. The zero-order chi connectivity index (χ0) is 69.8. The second-order valence-corrected chi connectivity index (χ2v) is 39.3. The van der Waals surface area contributed by atoms with Crippen LogP contribution >= 0.6 is 0 Å². The smallest absolute Gasteiger partial charge is 0.417 e. The number of carbonyl (C=O) groups is 5. The molecule has 0 saturated carbocycles. The van der Waals surface area contributed by atoms with E-state index in [1.54, 1.807) is 21.0 Å². The number of benzene rings is 3. The van der Waals surface area contributed by atoms with Gasteiger partial charge in [-0.15, -0.1) is 0 Å². The number of hydrogen-bond donors (Lipinski definition) is 0. The monoisotopic (exact) mass is 1350 g/mol. The number of cyclic esters (lactones) is 1. The number of hydrogen-bond acceptors (Lipinski definition) is 17. The van der Waals surface area contributed by atoms with Crippen LogP contribution < -0.4 is 4.74 Å². The molecule has 0 radical (unpaired) electrons. The van der Waals surface area contributed by atoms with Crippen molar-refractivity contribution in [1.82, 2.24) is 10.1 Å². The van der Waals surface area contributed by atoms with Crippen molar-refractivity contribution >= 4 is 46.4 Å². The molecule has 4 aromatic rings. The molecule has 1 aromatic heterocycles. The first-order chi connectivity index (χ1) is 44.7. The minimum absolute atomic E-state index is 0.0131. The minimum atomic E-state index is -2.77. The van der Waals surface area contributed by atoms with Gasteiger partial charge in [-0.1, -0.05) is 157 Å². The predicted molar refractivity (Wildman–Crippen MR) is 369 cm³/mol. The van der Waals surface area contributed by atoms with Gasteiger partial charge in [-0.05, 0) is 118 Å². The third kappa shape index (κ3) is 20.0. The highest BCUT2D eigenvalue weighted by Crippen LogP contribution is 2.45. The average molecular weight is 1350 g/mol. The molecule has 13 atom stereocenters. The van der Waals surface area contributed by atoms with E-state index in [1.807, 2.05) is 97.9 Å². The summed E-state index contributed by atoms with van der Waals surface area (Å²) in [5.41, 5.74) is 4.95. The number of rotatable bonds is 30. The summed E-state index contributed by atoms with van der Waals surface area (Å²) in [5.74, 6) is -6.58. The molecular weight excluding hydrogens is 1240 g/mol. The summed E-state index contributed by atoms with van der Waals surface area (Å²) in [4.78, 5) is 74.3. The van der Waals surface area contributed by atoms with Crippen LogP contribution in [0.15, 0.2) is 119 Å². The van der Waals surface area contributed by atoms with Gasteiger partial charge < -0.3 is 51.3 Å². The standard InChI is InChI=1S/C75H108N2O16Si2/c1-48(2)36-60-43-66(93-95(18,19)74(10,11)12)50(4)65(89-60)42-57-41-64(91-76-57)49(3)37-61(70(80)77-58(47-88-72(77)82)38-53-26-22-20-23-27-53)69(79)51(5)62(92-94(16,17)73(7,8)9)34-35-63(86-45-55-30-32-59(83-13)33-31-55)67-39-56(40-68(78)84-14)44-75(85-15,90-67)52(6)71(81)87-46-54-28-24-21-25-29-54/h20-33,36,40-41,49-52,58,60-63,65-67H,34-35,37-39,42-47H2,1-19H3/b56-40+/t49-,50-,51-,52-,58+,60-,61-,62-,63-,65+,66+,67-,75+/m1/s1. The zero-order valence-electron chi connectivity index (χ0n) is 59.9. The highest BCUT2D eigenvalue weighted by atomic mass is 28.4. The lowest BCUT2D eigenvalue weighted by molar-refractivity contribution is -0.297. The van der Waals surface area contributed by atoms with Gasteiger partial charge in [-0.3, -0.25) is 14.4 Å². The van der Waals surface area contributed by atoms with Crippen LogP contribution in [0.2, 0.25) is 36.3 Å². The maximum atomic E-state index is 16.1. The lowest BCUT2D eigenvalue weighted by atomic mass is 9.81. The van der Waals surface area contributed by atoms with Crippen LogP contribution in [0.1, 0.15) is 156 Å². The van der Waals surface area contributed by atoms with Crippen LogP contribution in [0.3, 0.4) is 0 Å². The summed E-state index contributed by atoms with van der Waals surface area (Å²) in [6.07, 6.45) is 2.00. The van der Waals surface area contributed by atoms with E-state index in [-0.39, 0.29) is 86.2 Å². The Labute approximate surface area is 567 Å². The maximum absolute atomic E-state index is 16.1. The molecular formula is C75H108N2O16Si2. The summed E-state index contributed by atoms with van der Waals surface area (Å²) in [5, 5.41) is 4.29. The van der Waals surface area contributed by atoms with Gasteiger partial charge in [0.05, 0.1) is 75.1 Å². The van der Waals surface area contributed by atoms with Crippen LogP contribution in [-0.2, 0) is 87.2 Å². The number of ether oxygens (including phenoxy) is 8. The van der Waals surface area contributed by atoms with Crippen LogP contribution in [0.5, 0.6) is 5.75 Å². The third-order valence-corrected chi connectivity index (χ3v) is 29.4. The number of aromatic nitrogens is 1. The van der Waals surface area contributed by atoms with Gasteiger partial charge in [0.1, 0.15) is 30.6 Å². The van der Waals surface area contributed by atoms with Crippen molar-refractivity contribution < 1.29 is 75.2 Å². The molecule has 18 nitrogen and oxygen atoms in total. The van der Waals surface area contributed by atoms with Crippen LogP contribution in [0, 0.1) is 23.7 Å². The Kier molecular flexibility index (Phi) is 26.5. The van der Waals surface area contributed by atoms with Gasteiger partial charge in [0.25, 0.3) is 0 Å². The van der Waals surface area contributed by atoms with Crippen molar-refractivity contribution in [3.8, 4) is 5.75 Å². The number of esters is 2. The molecule has 3 aliphatic heterocycles. The van der Waals surface area contributed by atoms with Crippen LogP contribution in [0.4, 0.5) is 4.79 Å². The van der Waals surface area contributed by atoms with Crippen molar-refractivity contribution in [3.05, 3.63) is 142 Å². The van der Waals surface area contributed by atoms with Crippen molar-refractivity contribution in [2.45, 2.75) is 238 Å². The van der Waals surface area contributed by atoms with E-state index < -0.39 is 100 Å². The molecule has 20 heteroatoms. The van der Waals surface area contributed by atoms with E-state index in [2.05, 4.69) is 99.7 Å². The second-order valence-electron chi connectivity index (χ2n) is 29.8. The largest absolute Gasteiger partial charge is 0.497 e. The summed E-state index contributed by atoms with van der Waals surface area (Å²) in [6.45, 7) is 33.8. The fraction of sp³-hybridized carbons (Fsp3) is 0.600. The first-order valence-corrected chi connectivity index (χ1v) is 39.6. The SMILES string of the molecule is COC(=O)/C=C1\C[C@H]([C@@H](CC[C@@H](O[Si](C)(C)C(C)(C)C)[C@@H](C)C(=O)[C@@H](C[C@@H](C)c2cc(C[C@@H]3O[C@H](C=C(C)C)C[C@H](O[Si](C)(C)C(C)(C)C)[C@@H]3C)no2)C(=O)N2C(=O)OC[C@@H]2Cc2ccccc2)OCc2ccc(OC)cc2)O[C@](OC)([C@H](C)C(=O)OCc2ccccc2)C1. The Balaban J connectivity index is 1.24. The summed E-state index contributed by atoms with van der Waals surface area (Å²) in [7, 11) is -0.569. The molecule has 0 bridgehead atoms. The molecule has 522 valence electrons. The zero-order valence-corrected chi connectivity index (χ0v) is 61.9. The summed E-state index contributed by atoms with van der Waals surface area (Å²) in [6, 6.07) is 27.6. The lowest BCUT2D eigenvalue weighted by Gasteiger charge is -2.46. The Morgan fingerprint density at radius 3 is 2.04 bits per heavy atom. The normalized spacial score (nSPS) is 23.6. The molecule has 2 amide bonds.